The molecule has 1 aromatic carbocycles. The predicted molar refractivity (Wildman–Crippen MR) is 72.3 cm³/mol. The van der Waals surface area contributed by atoms with Crippen LogP contribution in [0.5, 0.6) is 0 Å². The fraction of sp³-hybridized carbons (Fsp3) is 0.167. The largest absolute Gasteiger partial charge is 0.368 e. The molecule has 0 aromatic heterocycles. The van der Waals surface area contributed by atoms with Crippen LogP contribution in [-0.4, -0.2) is 17.9 Å². The Morgan fingerprint density at radius 2 is 2.06 bits per heavy atom. The Morgan fingerprint density at radius 3 is 2.61 bits per heavy atom. The summed E-state index contributed by atoms with van der Waals surface area (Å²) in [5.41, 5.74) is 5.67. The molecule has 4 nitrogen and oxygen atoms in total. The van der Waals surface area contributed by atoms with Crippen LogP contribution in [0.1, 0.15) is 12.5 Å². The van der Waals surface area contributed by atoms with Crippen molar-refractivity contribution < 1.29 is 9.59 Å². The van der Waals surface area contributed by atoms with E-state index in [1.165, 1.54) is 19.1 Å². The van der Waals surface area contributed by atoms with Gasteiger partial charge in [-0.2, -0.15) is 0 Å². The fourth-order valence-corrected chi connectivity index (χ4v) is 1.61. The first-order valence-corrected chi connectivity index (χ1v) is 5.88. The molecule has 1 rings (SSSR count). The SMILES string of the molecule is CC(NC(=O)/C=C/c1ccc(Cl)cc1Cl)C(N)=O. The summed E-state index contributed by atoms with van der Waals surface area (Å²) in [4.78, 5) is 22.2. The third-order valence-corrected chi connectivity index (χ3v) is 2.72. The van der Waals surface area contributed by atoms with Crippen molar-refractivity contribution in [3.05, 3.63) is 39.9 Å². The molecule has 2 amide bonds. The molecule has 96 valence electrons. The molecule has 1 atom stereocenters. The molecule has 0 aliphatic heterocycles. The highest BCUT2D eigenvalue weighted by Crippen LogP contribution is 2.21. The molecule has 0 fully saturated rings. The third kappa shape index (κ3) is 4.39. The zero-order valence-electron chi connectivity index (χ0n) is 9.61. The second-order valence-corrected chi connectivity index (χ2v) is 4.48. The summed E-state index contributed by atoms with van der Waals surface area (Å²) in [5.74, 6) is -1.02. The average molecular weight is 287 g/mol. The standard InChI is InChI=1S/C12H12Cl2N2O2/c1-7(12(15)18)16-11(17)5-3-8-2-4-9(13)6-10(8)14/h2-7H,1H3,(H2,15,18)(H,16,17)/b5-3+. The van der Waals surface area contributed by atoms with E-state index in [2.05, 4.69) is 5.32 Å². The number of carbonyl (C=O) groups is 2. The Kier molecular flexibility index (Phi) is 5.19. The van der Waals surface area contributed by atoms with E-state index in [1.807, 2.05) is 0 Å². The van der Waals surface area contributed by atoms with Gasteiger partial charge in [-0.05, 0) is 30.7 Å². The van der Waals surface area contributed by atoms with Gasteiger partial charge in [0.15, 0.2) is 0 Å². The van der Waals surface area contributed by atoms with Gasteiger partial charge in [0, 0.05) is 16.1 Å². The minimum Gasteiger partial charge on any atom is -0.368 e. The minimum atomic E-state index is -0.720. The molecule has 0 spiro atoms. The lowest BCUT2D eigenvalue weighted by Crippen LogP contribution is -2.41. The van der Waals surface area contributed by atoms with Crippen LogP contribution in [0.4, 0.5) is 0 Å². The van der Waals surface area contributed by atoms with Crippen molar-refractivity contribution >= 4 is 41.1 Å². The molecule has 0 aliphatic rings. The van der Waals surface area contributed by atoms with Crippen molar-refractivity contribution in [2.45, 2.75) is 13.0 Å². The maximum absolute atomic E-state index is 11.4. The quantitative estimate of drug-likeness (QED) is 0.831. The highest BCUT2D eigenvalue weighted by molar-refractivity contribution is 6.35. The fourth-order valence-electron chi connectivity index (χ4n) is 1.13. The lowest BCUT2D eigenvalue weighted by Gasteiger charge is -2.07. The molecule has 6 heteroatoms. The topological polar surface area (TPSA) is 72.2 Å². The summed E-state index contributed by atoms with van der Waals surface area (Å²) in [7, 11) is 0. The van der Waals surface area contributed by atoms with Gasteiger partial charge in [-0.1, -0.05) is 29.3 Å². The Morgan fingerprint density at radius 1 is 1.39 bits per heavy atom. The lowest BCUT2D eigenvalue weighted by molar-refractivity contribution is -0.124. The van der Waals surface area contributed by atoms with E-state index < -0.39 is 17.9 Å². The van der Waals surface area contributed by atoms with Crippen LogP contribution in [0, 0.1) is 0 Å². The van der Waals surface area contributed by atoms with Crippen molar-refractivity contribution in [3.8, 4) is 0 Å². The second-order valence-electron chi connectivity index (χ2n) is 3.63. The number of primary amides is 1. The first-order valence-electron chi connectivity index (χ1n) is 5.13. The van der Waals surface area contributed by atoms with E-state index >= 15 is 0 Å². The van der Waals surface area contributed by atoms with Gasteiger partial charge in [0.2, 0.25) is 11.8 Å². The molecule has 0 aliphatic carbocycles. The summed E-state index contributed by atoms with van der Waals surface area (Å²) in [6, 6.07) is 4.21. The van der Waals surface area contributed by atoms with Crippen LogP contribution in [-0.2, 0) is 9.59 Å². The van der Waals surface area contributed by atoms with E-state index in [9.17, 15) is 9.59 Å². The number of rotatable bonds is 4. The van der Waals surface area contributed by atoms with Gasteiger partial charge < -0.3 is 11.1 Å². The first-order chi connectivity index (χ1) is 8.40. The zero-order chi connectivity index (χ0) is 13.7. The summed E-state index contributed by atoms with van der Waals surface area (Å²) >= 11 is 11.7. The van der Waals surface area contributed by atoms with Crippen molar-refractivity contribution in [2.24, 2.45) is 5.73 Å². The monoisotopic (exact) mass is 286 g/mol. The van der Waals surface area contributed by atoms with Crippen LogP contribution >= 0.6 is 23.2 Å². The van der Waals surface area contributed by atoms with Crippen molar-refractivity contribution in [2.75, 3.05) is 0 Å². The molecular formula is C12H12Cl2N2O2. The van der Waals surface area contributed by atoms with E-state index in [4.69, 9.17) is 28.9 Å². The van der Waals surface area contributed by atoms with Crippen LogP contribution in [0.15, 0.2) is 24.3 Å². The highest BCUT2D eigenvalue weighted by Gasteiger charge is 2.09. The number of hydrogen-bond acceptors (Lipinski definition) is 2. The van der Waals surface area contributed by atoms with E-state index in [0.29, 0.717) is 15.6 Å². The number of halogens is 2. The minimum absolute atomic E-state index is 0.424. The van der Waals surface area contributed by atoms with Crippen LogP contribution in [0.3, 0.4) is 0 Å². The highest BCUT2D eigenvalue weighted by atomic mass is 35.5. The van der Waals surface area contributed by atoms with E-state index in [0.717, 1.165) is 0 Å². The molecule has 0 heterocycles. The van der Waals surface area contributed by atoms with E-state index in [1.54, 1.807) is 18.2 Å². The number of nitrogens with one attached hydrogen (secondary N) is 1. The Bertz CT molecular complexity index is 501. The number of amides is 2. The summed E-state index contributed by atoms with van der Waals surface area (Å²) in [6.45, 7) is 1.50. The maximum Gasteiger partial charge on any atom is 0.244 e. The molecule has 0 saturated heterocycles. The molecule has 0 bridgehead atoms. The maximum atomic E-state index is 11.4. The second kappa shape index (κ2) is 6.42. The number of benzene rings is 1. The van der Waals surface area contributed by atoms with Gasteiger partial charge >= 0.3 is 0 Å². The molecule has 1 unspecified atom stereocenters. The van der Waals surface area contributed by atoms with Crippen molar-refractivity contribution in [3.63, 3.8) is 0 Å². The molecule has 1 aromatic rings. The Balaban J connectivity index is 2.69. The van der Waals surface area contributed by atoms with Gasteiger partial charge in [0.05, 0.1) is 0 Å². The van der Waals surface area contributed by atoms with Crippen LogP contribution in [0.2, 0.25) is 10.0 Å². The number of hydrogen-bond donors (Lipinski definition) is 2. The van der Waals surface area contributed by atoms with Gasteiger partial charge in [-0.25, -0.2) is 0 Å². The van der Waals surface area contributed by atoms with Crippen molar-refractivity contribution in [1.82, 2.24) is 5.32 Å². The predicted octanol–water partition coefficient (Wildman–Crippen LogP) is 2.00. The van der Waals surface area contributed by atoms with Crippen LogP contribution < -0.4 is 11.1 Å². The normalized spacial score (nSPS) is 12.4. The summed E-state index contributed by atoms with van der Waals surface area (Å²) in [5, 5.41) is 3.37. The van der Waals surface area contributed by atoms with E-state index in [-0.39, 0.29) is 0 Å². The third-order valence-electron chi connectivity index (χ3n) is 2.16. The Labute approximate surface area is 115 Å². The molecular weight excluding hydrogens is 275 g/mol. The van der Waals surface area contributed by atoms with Gasteiger partial charge in [-0.15, -0.1) is 0 Å². The Hall–Kier alpha value is -1.52. The molecule has 0 radical (unpaired) electrons. The first kappa shape index (κ1) is 14.5. The number of carbonyl (C=O) groups excluding carboxylic acids is 2. The number of nitrogens with two attached hydrogens (primary N) is 1. The zero-order valence-corrected chi connectivity index (χ0v) is 11.1. The van der Waals surface area contributed by atoms with Crippen molar-refractivity contribution in [1.29, 1.82) is 0 Å². The summed E-state index contributed by atoms with van der Waals surface area (Å²) in [6.07, 6.45) is 2.80. The summed E-state index contributed by atoms with van der Waals surface area (Å²) < 4.78 is 0. The smallest absolute Gasteiger partial charge is 0.244 e. The van der Waals surface area contributed by atoms with Gasteiger partial charge in [0.1, 0.15) is 6.04 Å². The average Bonchev–Trinajstić information content (AvgIpc) is 2.27. The van der Waals surface area contributed by atoms with Gasteiger partial charge in [-0.3, -0.25) is 9.59 Å². The molecule has 18 heavy (non-hydrogen) atoms. The molecule has 3 N–H and O–H groups in total. The molecule has 0 saturated carbocycles. The van der Waals surface area contributed by atoms with Crippen LogP contribution in [0.25, 0.3) is 6.08 Å². The lowest BCUT2D eigenvalue weighted by atomic mass is 10.2. The van der Waals surface area contributed by atoms with Gasteiger partial charge in [0.25, 0.3) is 0 Å².